The predicted octanol–water partition coefficient (Wildman–Crippen LogP) is -1.09. The zero-order chi connectivity index (χ0) is 10.5. The Morgan fingerprint density at radius 1 is 1.29 bits per heavy atom. The summed E-state index contributed by atoms with van der Waals surface area (Å²) in [6.07, 6.45) is 0. The molecule has 14 heavy (non-hydrogen) atoms. The molecule has 0 spiro atoms. The van der Waals surface area contributed by atoms with Crippen LogP contribution in [0.3, 0.4) is 0 Å². The molecule has 0 atom stereocenters. The van der Waals surface area contributed by atoms with Gasteiger partial charge in [-0.1, -0.05) is 0 Å². The van der Waals surface area contributed by atoms with Gasteiger partial charge in [0.15, 0.2) is 0 Å². The van der Waals surface area contributed by atoms with Crippen LogP contribution < -0.4 is 5.73 Å². The van der Waals surface area contributed by atoms with Crippen molar-refractivity contribution in [3.8, 4) is 0 Å². The SMILES string of the molecule is CCOC(CN)(OCC)S(=O)(=O)O.[NaH]. The van der Waals surface area contributed by atoms with Crippen LogP contribution in [0.25, 0.3) is 0 Å². The molecule has 0 aromatic carbocycles. The van der Waals surface area contributed by atoms with E-state index < -0.39 is 21.8 Å². The normalized spacial score (nSPS) is 12.3. The van der Waals surface area contributed by atoms with Crippen molar-refractivity contribution < 1.29 is 22.4 Å². The van der Waals surface area contributed by atoms with Crippen LogP contribution >= 0.6 is 0 Å². The fraction of sp³-hybridized carbons (Fsp3) is 1.00. The average Bonchev–Trinajstić information content (AvgIpc) is 2.02. The topological polar surface area (TPSA) is 98.9 Å². The molecule has 0 rings (SSSR count). The van der Waals surface area contributed by atoms with Gasteiger partial charge in [-0.05, 0) is 13.8 Å². The van der Waals surface area contributed by atoms with Crippen LogP contribution in [0.4, 0.5) is 0 Å². The number of nitrogens with two attached hydrogens (primary N) is 1. The Balaban J connectivity index is 0. The summed E-state index contributed by atoms with van der Waals surface area (Å²) in [4.78, 5) is 0. The van der Waals surface area contributed by atoms with Crippen molar-refractivity contribution in [3.05, 3.63) is 0 Å². The molecule has 3 N–H and O–H groups in total. The first-order valence-corrected chi connectivity index (χ1v) is 5.32. The van der Waals surface area contributed by atoms with E-state index in [9.17, 15) is 8.42 Å². The van der Waals surface area contributed by atoms with Crippen molar-refractivity contribution in [1.29, 1.82) is 0 Å². The average molecular weight is 237 g/mol. The van der Waals surface area contributed by atoms with Crippen molar-refractivity contribution in [2.45, 2.75) is 19.0 Å². The first-order valence-electron chi connectivity index (χ1n) is 3.88. The summed E-state index contributed by atoms with van der Waals surface area (Å²) in [5.74, 6) is 0. The molecule has 82 valence electrons. The van der Waals surface area contributed by atoms with Gasteiger partial charge in [0.25, 0.3) is 0 Å². The van der Waals surface area contributed by atoms with E-state index in [1.165, 1.54) is 0 Å². The van der Waals surface area contributed by atoms with Gasteiger partial charge >= 0.3 is 44.8 Å². The monoisotopic (exact) mass is 237 g/mol. The maximum absolute atomic E-state index is 10.9. The van der Waals surface area contributed by atoms with Gasteiger partial charge in [0, 0.05) is 13.2 Å². The molecule has 8 heteroatoms. The van der Waals surface area contributed by atoms with Crippen LogP contribution in [0.2, 0.25) is 0 Å². The zero-order valence-corrected chi connectivity index (χ0v) is 8.50. The van der Waals surface area contributed by atoms with Crippen molar-refractivity contribution >= 4 is 39.7 Å². The van der Waals surface area contributed by atoms with E-state index >= 15 is 0 Å². The molecule has 0 aromatic rings. The Hall–Kier alpha value is 0.790. The fourth-order valence-electron chi connectivity index (χ4n) is 0.854. The molecular formula is C6H16NNaO5S. The Bertz CT molecular complexity index is 237. The summed E-state index contributed by atoms with van der Waals surface area (Å²) in [5, 5.41) is -2.11. The number of rotatable bonds is 6. The third-order valence-electron chi connectivity index (χ3n) is 1.37. The molecule has 0 aliphatic rings. The number of hydrogen-bond acceptors (Lipinski definition) is 5. The second kappa shape index (κ2) is 7.13. The van der Waals surface area contributed by atoms with Gasteiger partial charge in [0.2, 0.25) is 0 Å². The predicted molar refractivity (Wildman–Crippen MR) is 53.7 cm³/mol. The maximum atomic E-state index is 10.9. The summed E-state index contributed by atoms with van der Waals surface area (Å²) in [7, 11) is -4.47. The molecule has 0 heterocycles. The van der Waals surface area contributed by atoms with Crippen LogP contribution in [-0.2, 0) is 19.6 Å². The van der Waals surface area contributed by atoms with Crippen LogP contribution in [0, 0.1) is 0 Å². The third-order valence-corrected chi connectivity index (χ3v) is 2.56. The van der Waals surface area contributed by atoms with Crippen molar-refractivity contribution in [3.63, 3.8) is 0 Å². The Morgan fingerprint density at radius 3 is 1.79 bits per heavy atom. The van der Waals surface area contributed by atoms with E-state index in [1.54, 1.807) is 13.8 Å². The number of ether oxygens (including phenoxy) is 2. The fourth-order valence-corrected chi connectivity index (χ4v) is 1.60. The summed E-state index contributed by atoms with van der Waals surface area (Å²) >= 11 is 0. The van der Waals surface area contributed by atoms with E-state index in [1.807, 2.05) is 0 Å². The Morgan fingerprint density at radius 2 is 1.64 bits per heavy atom. The van der Waals surface area contributed by atoms with Crippen LogP contribution in [0.5, 0.6) is 0 Å². The summed E-state index contributed by atoms with van der Waals surface area (Å²) in [6, 6.07) is 0. The molecule has 0 aliphatic carbocycles. The minimum atomic E-state index is -4.47. The van der Waals surface area contributed by atoms with Gasteiger partial charge in [-0.15, -0.1) is 0 Å². The standard InChI is InChI=1S/C6H15NO5S.Na.H/c1-3-11-6(5-7,12-4-2)13(8,9)10;;/h3-5,7H2,1-2H3,(H,8,9,10);;. The van der Waals surface area contributed by atoms with Gasteiger partial charge in [0.1, 0.15) is 0 Å². The van der Waals surface area contributed by atoms with Crippen LogP contribution in [0.1, 0.15) is 13.8 Å². The van der Waals surface area contributed by atoms with Gasteiger partial charge in [0.05, 0.1) is 6.54 Å². The van der Waals surface area contributed by atoms with Crippen molar-refractivity contribution in [2.24, 2.45) is 5.73 Å². The van der Waals surface area contributed by atoms with E-state index in [2.05, 4.69) is 0 Å². The molecule has 0 radical (unpaired) electrons. The quantitative estimate of drug-likeness (QED) is 0.346. The van der Waals surface area contributed by atoms with Gasteiger partial charge < -0.3 is 15.2 Å². The summed E-state index contributed by atoms with van der Waals surface area (Å²) in [6.45, 7) is 2.87. The van der Waals surface area contributed by atoms with E-state index in [0.29, 0.717) is 0 Å². The van der Waals surface area contributed by atoms with Crippen molar-refractivity contribution in [1.82, 2.24) is 0 Å². The third kappa shape index (κ3) is 4.11. The van der Waals surface area contributed by atoms with Crippen molar-refractivity contribution in [2.75, 3.05) is 19.8 Å². The molecule has 0 fully saturated rings. The Labute approximate surface area is 106 Å². The van der Waals surface area contributed by atoms with Crippen LogP contribution in [-0.4, -0.2) is 67.4 Å². The molecule has 0 aliphatic heterocycles. The molecule has 0 saturated carbocycles. The molecule has 0 amide bonds. The van der Waals surface area contributed by atoms with Gasteiger partial charge in [-0.3, -0.25) is 4.55 Å². The van der Waals surface area contributed by atoms with E-state index in [4.69, 9.17) is 19.8 Å². The van der Waals surface area contributed by atoms with E-state index in [-0.39, 0.29) is 42.8 Å². The van der Waals surface area contributed by atoms with E-state index in [0.717, 1.165) is 0 Å². The van der Waals surface area contributed by atoms with Crippen LogP contribution in [0.15, 0.2) is 0 Å². The summed E-state index contributed by atoms with van der Waals surface area (Å²) < 4.78 is 40.2. The second-order valence-electron chi connectivity index (χ2n) is 2.23. The molecular weight excluding hydrogens is 221 g/mol. The first kappa shape index (κ1) is 17.2. The second-order valence-corrected chi connectivity index (χ2v) is 3.80. The minimum absolute atomic E-state index is 0. The first-order chi connectivity index (χ1) is 5.93. The molecule has 0 bridgehead atoms. The molecule has 0 aromatic heterocycles. The molecule has 6 nitrogen and oxygen atoms in total. The van der Waals surface area contributed by atoms with Gasteiger partial charge in [-0.25, -0.2) is 0 Å². The molecule has 0 saturated heterocycles. The molecule has 0 unspecified atom stereocenters. The number of hydrogen-bond donors (Lipinski definition) is 2. The Kier molecular flexibility index (Phi) is 8.75. The zero-order valence-electron chi connectivity index (χ0n) is 7.69. The van der Waals surface area contributed by atoms with Gasteiger partial charge in [-0.2, -0.15) is 8.42 Å². The summed E-state index contributed by atoms with van der Waals surface area (Å²) in [5.41, 5.74) is 5.18.